The van der Waals surface area contributed by atoms with E-state index in [1.807, 2.05) is 43.3 Å². The highest BCUT2D eigenvalue weighted by Crippen LogP contribution is 2.42. The molecule has 2 aromatic carbocycles. The predicted molar refractivity (Wildman–Crippen MR) is 92.5 cm³/mol. The molecule has 0 amide bonds. The molecule has 0 bridgehead atoms. The third-order valence-electron chi connectivity index (χ3n) is 4.12. The van der Waals surface area contributed by atoms with Crippen LogP contribution in [0.15, 0.2) is 36.4 Å². The number of ketones is 1. The summed E-state index contributed by atoms with van der Waals surface area (Å²) >= 11 is 0. The second kappa shape index (κ2) is 6.83. The van der Waals surface area contributed by atoms with E-state index in [2.05, 4.69) is 5.32 Å². The number of fused-ring (bicyclic) bond motifs is 1. The molecule has 1 atom stereocenters. The van der Waals surface area contributed by atoms with E-state index in [0.29, 0.717) is 30.3 Å². The van der Waals surface area contributed by atoms with Gasteiger partial charge < -0.3 is 19.5 Å². The highest BCUT2D eigenvalue weighted by atomic mass is 16.5. The highest BCUT2D eigenvalue weighted by molar-refractivity contribution is 6.03. The van der Waals surface area contributed by atoms with Gasteiger partial charge in [0.05, 0.1) is 26.9 Å². The van der Waals surface area contributed by atoms with Crippen LogP contribution in [0.1, 0.15) is 35.3 Å². The van der Waals surface area contributed by atoms with Crippen LogP contribution in [0.2, 0.25) is 0 Å². The Bertz CT molecular complexity index is 732. The van der Waals surface area contributed by atoms with Crippen LogP contribution < -0.4 is 19.5 Å². The molecule has 24 heavy (non-hydrogen) atoms. The molecule has 1 unspecified atom stereocenters. The summed E-state index contributed by atoms with van der Waals surface area (Å²) in [5, 5.41) is 3.42. The Morgan fingerprint density at radius 1 is 1.12 bits per heavy atom. The van der Waals surface area contributed by atoms with Crippen molar-refractivity contribution >= 4 is 11.5 Å². The second-order valence-electron chi connectivity index (χ2n) is 5.56. The Labute approximate surface area is 141 Å². The number of Topliss-reactive ketones (excluding diaryl/α,β-unsaturated/α-hetero) is 1. The summed E-state index contributed by atoms with van der Waals surface area (Å²) in [6.07, 6.45) is 0.386. The van der Waals surface area contributed by atoms with Crippen molar-refractivity contribution in [3.8, 4) is 17.2 Å². The molecule has 0 aromatic heterocycles. The number of para-hydroxylation sites is 1. The number of hydrogen-bond donors (Lipinski definition) is 1. The van der Waals surface area contributed by atoms with E-state index in [1.54, 1.807) is 14.2 Å². The average molecular weight is 327 g/mol. The Morgan fingerprint density at radius 3 is 2.42 bits per heavy atom. The van der Waals surface area contributed by atoms with E-state index >= 15 is 0 Å². The van der Waals surface area contributed by atoms with Crippen LogP contribution in [-0.2, 0) is 0 Å². The number of methoxy groups -OCH3 is 2. The van der Waals surface area contributed by atoms with E-state index in [0.717, 1.165) is 16.8 Å². The van der Waals surface area contributed by atoms with Crippen molar-refractivity contribution in [1.82, 2.24) is 0 Å². The second-order valence-corrected chi connectivity index (χ2v) is 5.56. The maximum absolute atomic E-state index is 12.4. The zero-order chi connectivity index (χ0) is 17.1. The number of benzene rings is 2. The van der Waals surface area contributed by atoms with Crippen LogP contribution >= 0.6 is 0 Å². The van der Waals surface area contributed by atoms with E-state index in [4.69, 9.17) is 14.2 Å². The molecule has 0 aliphatic carbocycles. The maximum atomic E-state index is 12.4. The molecule has 126 valence electrons. The Balaban J connectivity index is 2.00. The monoisotopic (exact) mass is 327 g/mol. The summed E-state index contributed by atoms with van der Waals surface area (Å²) in [7, 11) is 3.19. The summed E-state index contributed by atoms with van der Waals surface area (Å²) in [6, 6.07) is 11.2. The molecule has 0 radical (unpaired) electrons. The normalized spacial score (nSPS) is 16.1. The third kappa shape index (κ3) is 2.89. The Kier molecular flexibility index (Phi) is 4.60. The Morgan fingerprint density at radius 2 is 1.79 bits per heavy atom. The smallest absolute Gasteiger partial charge is 0.203 e. The van der Waals surface area contributed by atoms with Crippen LogP contribution in [0.3, 0.4) is 0 Å². The van der Waals surface area contributed by atoms with Crippen molar-refractivity contribution in [3.05, 3.63) is 47.5 Å². The number of carbonyl (C=O) groups excluding carboxylic acids is 1. The number of hydrogen-bond acceptors (Lipinski definition) is 5. The van der Waals surface area contributed by atoms with Crippen LogP contribution in [0.4, 0.5) is 5.69 Å². The van der Waals surface area contributed by atoms with E-state index in [1.165, 1.54) is 0 Å². The van der Waals surface area contributed by atoms with Gasteiger partial charge >= 0.3 is 0 Å². The SMILES string of the molecule is CCOc1c(OC)cc(C2CC(=O)c3ccccc3N2)cc1OC. The Hall–Kier alpha value is -2.69. The van der Waals surface area contributed by atoms with Crippen molar-refractivity contribution in [2.75, 3.05) is 26.1 Å². The minimum Gasteiger partial charge on any atom is -0.493 e. The van der Waals surface area contributed by atoms with Crippen LogP contribution in [0.5, 0.6) is 17.2 Å². The van der Waals surface area contributed by atoms with Crippen LogP contribution in [-0.4, -0.2) is 26.6 Å². The first-order valence-corrected chi connectivity index (χ1v) is 7.95. The average Bonchev–Trinajstić information content (AvgIpc) is 2.62. The van der Waals surface area contributed by atoms with Crippen molar-refractivity contribution in [2.45, 2.75) is 19.4 Å². The summed E-state index contributed by atoms with van der Waals surface area (Å²) in [5.41, 5.74) is 2.51. The molecule has 2 aromatic rings. The molecule has 0 spiro atoms. The number of ether oxygens (including phenoxy) is 3. The fourth-order valence-corrected chi connectivity index (χ4v) is 2.98. The molecule has 0 fully saturated rings. The lowest BCUT2D eigenvalue weighted by Crippen LogP contribution is -2.22. The van der Waals surface area contributed by atoms with Crippen LogP contribution in [0.25, 0.3) is 0 Å². The molecule has 5 nitrogen and oxygen atoms in total. The number of rotatable bonds is 5. The molecular formula is C19H21NO4. The van der Waals surface area contributed by atoms with Gasteiger partial charge in [-0.15, -0.1) is 0 Å². The number of anilines is 1. The molecule has 5 heteroatoms. The summed E-state index contributed by atoms with van der Waals surface area (Å²) in [5.74, 6) is 1.90. The van der Waals surface area contributed by atoms with Gasteiger partial charge in [-0.25, -0.2) is 0 Å². The van der Waals surface area contributed by atoms with Gasteiger partial charge in [0.15, 0.2) is 17.3 Å². The van der Waals surface area contributed by atoms with Crippen LogP contribution in [0, 0.1) is 0 Å². The molecule has 1 aliphatic rings. The van der Waals surface area contributed by atoms with E-state index < -0.39 is 0 Å². The zero-order valence-electron chi connectivity index (χ0n) is 14.1. The minimum atomic E-state index is -0.133. The standard InChI is InChI=1S/C19H21NO4/c1-4-24-19-17(22-2)9-12(10-18(19)23-3)15-11-16(21)13-7-5-6-8-14(13)20-15/h5-10,15,20H,4,11H2,1-3H3. The lowest BCUT2D eigenvalue weighted by atomic mass is 9.92. The molecule has 1 N–H and O–H groups in total. The van der Waals surface area contributed by atoms with Crippen molar-refractivity contribution in [1.29, 1.82) is 0 Å². The quantitative estimate of drug-likeness (QED) is 0.904. The largest absolute Gasteiger partial charge is 0.493 e. The topological polar surface area (TPSA) is 56.8 Å². The highest BCUT2D eigenvalue weighted by Gasteiger charge is 2.27. The van der Waals surface area contributed by atoms with Crippen molar-refractivity contribution < 1.29 is 19.0 Å². The number of nitrogens with one attached hydrogen (secondary N) is 1. The maximum Gasteiger partial charge on any atom is 0.203 e. The lowest BCUT2D eigenvalue weighted by Gasteiger charge is -2.27. The van der Waals surface area contributed by atoms with Gasteiger partial charge in [0.25, 0.3) is 0 Å². The van der Waals surface area contributed by atoms with Gasteiger partial charge in [0, 0.05) is 17.7 Å². The molecular weight excluding hydrogens is 306 g/mol. The first kappa shape index (κ1) is 16.2. The molecule has 1 heterocycles. The minimum absolute atomic E-state index is 0.126. The summed E-state index contributed by atoms with van der Waals surface area (Å²) in [4.78, 5) is 12.4. The fourth-order valence-electron chi connectivity index (χ4n) is 2.98. The van der Waals surface area contributed by atoms with Crippen molar-refractivity contribution in [2.24, 2.45) is 0 Å². The molecule has 3 rings (SSSR count). The van der Waals surface area contributed by atoms with Gasteiger partial charge in [-0.1, -0.05) is 12.1 Å². The van der Waals surface area contributed by atoms with Gasteiger partial charge in [-0.3, -0.25) is 4.79 Å². The summed E-state index contributed by atoms with van der Waals surface area (Å²) < 4.78 is 16.5. The first-order valence-electron chi connectivity index (χ1n) is 7.95. The first-order chi connectivity index (χ1) is 11.7. The molecule has 0 saturated heterocycles. The molecule has 0 saturated carbocycles. The predicted octanol–water partition coefficient (Wildman–Crippen LogP) is 3.84. The van der Waals surface area contributed by atoms with E-state index in [9.17, 15) is 4.79 Å². The summed E-state index contributed by atoms with van der Waals surface area (Å²) in [6.45, 7) is 2.42. The number of carbonyl (C=O) groups is 1. The lowest BCUT2D eigenvalue weighted by molar-refractivity contribution is 0.0972. The van der Waals surface area contributed by atoms with Gasteiger partial charge in [-0.05, 0) is 36.8 Å². The molecule has 1 aliphatic heterocycles. The van der Waals surface area contributed by atoms with Gasteiger partial charge in [0.1, 0.15) is 0 Å². The van der Waals surface area contributed by atoms with Crippen molar-refractivity contribution in [3.63, 3.8) is 0 Å². The third-order valence-corrected chi connectivity index (χ3v) is 4.12. The fraction of sp³-hybridized carbons (Fsp3) is 0.316. The van der Waals surface area contributed by atoms with Gasteiger partial charge in [0.2, 0.25) is 5.75 Å². The zero-order valence-corrected chi connectivity index (χ0v) is 14.1. The van der Waals surface area contributed by atoms with Gasteiger partial charge in [-0.2, -0.15) is 0 Å². The van der Waals surface area contributed by atoms with E-state index in [-0.39, 0.29) is 11.8 Å².